The van der Waals surface area contributed by atoms with Crippen LogP contribution in [0, 0.1) is 5.82 Å². The standard InChI is InChI=1S/C36H42F3N7O4/c1-5-30(47)42-31(36(50)45-17-15-44(4)16-18-45)21(3)22-11-12-28(27(37)19-22)41-35(49)32(43-34(48)29-13-14-40-46(29)6-2)25-20-26(33(38)39)24-10-8-7-9-23(24)25/h7-14,19,21,25,31-32H,5-6,15-18,20H2,1-4H3,(H,41,49)(H,42,47)(H,43,48)/t21-,25?,31+,32?/m0/s1. The van der Waals surface area contributed by atoms with Gasteiger partial charge in [0, 0.05) is 62.8 Å². The van der Waals surface area contributed by atoms with Crippen molar-refractivity contribution in [3.63, 3.8) is 0 Å². The van der Waals surface area contributed by atoms with Crippen molar-refractivity contribution >= 4 is 34.9 Å². The fourth-order valence-electron chi connectivity index (χ4n) is 6.57. The third-order valence-electron chi connectivity index (χ3n) is 9.55. The molecular weight excluding hydrogens is 651 g/mol. The fourth-order valence-corrected chi connectivity index (χ4v) is 6.57. The highest BCUT2D eigenvalue weighted by Gasteiger charge is 2.40. The number of nitrogens with zero attached hydrogens (tertiary/aromatic N) is 4. The van der Waals surface area contributed by atoms with E-state index in [9.17, 15) is 28.0 Å². The Balaban J connectivity index is 1.41. The van der Waals surface area contributed by atoms with E-state index in [1.807, 2.05) is 7.05 Å². The Morgan fingerprint density at radius 1 is 0.980 bits per heavy atom. The number of carbonyl (C=O) groups is 4. The maximum Gasteiger partial charge on any atom is 0.274 e. The van der Waals surface area contributed by atoms with Crippen LogP contribution in [0.25, 0.3) is 5.57 Å². The summed E-state index contributed by atoms with van der Waals surface area (Å²) in [6.07, 6.45) is -0.507. The van der Waals surface area contributed by atoms with E-state index in [2.05, 4.69) is 25.9 Å². The highest BCUT2D eigenvalue weighted by Crippen LogP contribution is 2.45. The Morgan fingerprint density at radius 3 is 2.36 bits per heavy atom. The fraction of sp³-hybridized carbons (Fsp3) is 0.417. The van der Waals surface area contributed by atoms with Crippen LogP contribution in [-0.4, -0.2) is 88.5 Å². The minimum atomic E-state index is -1.88. The maximum absolute atomic E-state index is 15.8. The third kappa shape index (κ3) is 7.75. The lowest BCUT2D eigenvalue weighted by Gasteiger charge is -2.36. The van der Waals surface area contributed by atoms with Gasteiger partial charge in [-0.15, -0.1) is 0 Å². The van der Waals surface area contributed by atoms with Gasteiger partial charge >= 0.3 is 0 Å². The molecule has 0 saturated carbocycles. The Bertz CT molecular complexity index is 1780. The molecule has 3 aromatic rings. The normalized spacial score (nSPS) is 17.8. The minimum Gasteiger partial charge on any atom is -0.344 e. The number of benzene rings is 2. The summed E-state index contributed by atoms with van der Waals surface area (Å²) in [7, 11) is 1.97. The number of aromatic nitrogens is 2. The summed E-state index contributed by atoms with van der Waals surface area (Å²) < 4.78 is 45.3. The smallest absolute Gasteiger partial charge is 0.274 e. The van der Waals surface area contributed by atoms with Gasteiger partial charge in [0.25, 0.3) is 12.0 Å². The molecule has 50 heavy (non-hydrogen) atoms. The number of piperazine rings is 1. The van der Waals surface area contributed by atoms with Gasteiger partial charge in [-0.25, -0.2) is 4.39 Å². The molecule has 2 unspecified atom stereocenters. The summed E-state index contributed by atoms with van der Waals surface area (Å²) in [5.41, 5.74) is 0.890. The van der Waals surface area contributed by atoms with Gasteiger partial charge in [0.1, 0.15) is 23.6 Å². The number of carbonyl (C=O) groups excluding carboxylic acids is 4. The molecule has 5 rings (SSSR count). The SMILES string of the molecule is CCC(=O)N[C@@H](C(=O)N1CCN(C)CC1)[C@@H](C)c1ccc(NC(=O)C(NC(=O)c2ccnn2CC)C2CC(=C(F)F)c3ccccc32)c(F)c1. The number of rotatable bonds is 11. The lowest BCUT2D eigenvalue weighted by atomic mass is 9.91. The van der Waals surface area contributed by atoms with Gasteiger partial charge in [0.05, 0.1) is 5.69 Å². The molecular formula is C36H42F3N7O4. The zero-order chi connectivity index (χ0) is 36.1. The predicted molar refractivity (Wildman–Crippen MR) is 182 cm³/mol. The first-order chi connectivity index (χ1) is 23.9. The van der Waals surface area contributed by atoms with Gasteiger partial charge in [-0.3, -0.25) is 23.9 Å². The largest absolute Gasteiger partial charge is 0.344 e. The Morgan fingerprint density at radius 2 is 1.70 bits per heavy atom. The van der Waals surface area contributed by atoms with Crippen LogP contribution in [0.4, 0.5) is 18.9 Å². The van der Waals surface area contributed by atoms with Crippen molar-refractivity contribution in [2.24, 2.45) is 0 Å². The third-order valence-corrected chi connectivity index (χ3v) is 9.55. The highest BCUT2D eigenvalue weighted by atomic mass is 19.3. The summed E-state index contributed by atoms with van der Waals surface area (Å²) in [6, 6.07) is 9.72. The van der Waals surface area contributed by atoms with Crippen LogP contribution < -0.4 is 16.0 Å². The molecule has 266 valence electrons. The van der Waals surface area contributed by atoms with Gasteiger partial charge in [0.15, 0.2) is 0 Å². The molecule has 1 aliphatic heterocycles. The number of allylic oxidation sites excluding steroid dienone is 1. The van der Waals surface area contributed by atoms with Crippen molar-refractivity contribution in [3.05, 3.63) is 89.0 Å². The summed E-state index contributed by atoms with van der Waals surface area (Å²) in [5, 5.41) is 12.2. The van der Waals surface area contributed by atoms with E-state index in [-0.39, 0.29) is 47.2 Å². The second-order valence-corrected chi connectivity index (χ2v) is 12.7. The van der Waals surface area contributed by atoms with Crippen LogP contribution in [0.2, 0.25) is 0 Å². The van der Waals surface area contributed by atoms with E-state index in [0.717, 1.165) is 0 Å². The van der Waals surface area contributed by atoms with Crippen molar-refractivity contribution in [1.29, 1.82) is 0 Å². The highest BCUT2D eigenvalue weighted by molar-refractivity contribution is 6.02. The average molecular weight is 694 g/mol. The summed E-state index contributed by atoms with van der Waals surface area (Å²) in [4.78, 5) is 57.2. The quantitative estimate of drug-likeness (QED) is 0.274. The van der Waals surface area contributed by atoms with Crippen molar-refractivity contribution in [2.45, 2.75) is 64.1 Å². The molecule has 3 N–H and O–H groups in total. The topological polar surface area (TPSA) is 129 Å². The number of aryl methyl sites for hydroxylation is 1. The van der Waals surface area contributed by atoms with E-state index in [0.29, 0.717) is 43.9 Å². The molecule has 1 saturated heterocycles. The lowest BCUT2D eigenvalue weighted by molar-refractivity contribution is -0.138. The monoisotopic (exact) mass is 693 g/mol. The lowest BCUT2D eigenvalue weighted by Crippen LogP contribution is -2.55. The van der Waals surface area contributed by atoms with E-state index in [1.54, 1.807) is 49.9 Å². The van der Waals surface area contributed by atoms with Crippen LogP contribution >= 0.6 is 0 Å². The molecule has 4 atom stereocenters. The number of hydrogen-bond acceptors (Lipinski definition) is 6. The molecule has 11 nitrogen and oxygen atoms in total. The Hall–Kier alpha value is -4.98. The van der Waals surface area contributed by atoms with Gasteiger partial charge in [0.2, 0.25) is 17.7 Å². The van der Waals surface area contributed by atoms with E-state index >= 15 is 4.39 Å². The van der Waals surface area contributed by atoms with Crippen molar-refractivity contribution < 1.29 is 32.3 Å². The first-order valence-electron chi connectivity index (χ1n) is 16.8. The van der Waals surface area contributed by atoms with Crippen LogP contribution in [0.1, 0.15) is 72.6 Å². The van der Waals surface area contributed by atoms with Crippen molar-refractivity contribution in [1.82, 2.24) is 30.2 Å². The average Bonchev–Trinajstić information content (AvgIpc) is 3.75. The van der Waals surface area contributed by atoms with E-state index < -0.39 is 47.6 Å². The minimum absolute atomic E-state index is 0.164. The Kier molecular flexibility index (Phi) is 11.4. The number of hydrogen-bond donors (Lipinski definition) is 3. The van der Waals surface area contributed by atoms with Crippen LogP contribution in [-0.2, 0) is 20.9 Å². The summed E-state index contributed by atoms with van der Waals surface area (Å²) in [6.45, 7) is 7.94. The van der Waals surface area contributed by atoms with Gasteiger partial charge in [-0.2, -0.15) is 13.9 Å². The summed E-state index contributed by atoms with van der Waals surface area (Å²) in [5.74, 6) is -4.34. The maximum atomic E-state index is 15.8. The number of halogens is 3. The first kappa shape index (κ1) is 36.3. The molecule has 2 aliphatic rings. The van der Waals surface area contributed by atoms with Gasteiger partial charge < -0.3 is 25.8 Å². The van der Waals surface area contributed by atoms with Gasteiger partial charge in [-0.1, -0.05) is 44.2 Å². The zero-order valence-electron chi connectivity index (χ0n) is 28.5. The second-order valence-electron chi connectivity index (χ2n) is 12.7. The van der Waals surface area contributed by atoms with Crippen LogP contribution in [0.15, 0.2) is 60.8 Å². The second kappa shape index (κ2) is 15.7. The van der Waals surface area contributed by atoms with E-state index in [1.165, 1.54) is 35.1 Å². The van der Waals surface area contributed by atoms with Gasteiger partial charge in [-0.05, 0) is 55.3 Å². The molecule has 0 spiro atoms. The van der Waals surface area contributed by atoms with Crippen molar-refractivity contribution in [2.75, 3.05) is 38.5 Å². The number of amides is 4. The zero-order valence-corrected chi connectivity index (χ0v) is 28.5. The first-order valence-corrected chi connectivity index (χ1v) is 16.8. The molecule has 2 heterocycles. The molecule has 1 aliphatic carbocycles. The predicted octanol–water partition coefficient (Wildman–Crippen LogP) is 4.35. The summed E-state index contributed by atoms with van der Waals surface area (Å²) >= 11 is 0. The Labute approximate surface area is 288 Å². The van der Waals surface area contributed by atoms with Crippen LogP contribution in [0.3, 0.4) is 0 Å². The van der Waals surface area contributed by atoms with Crippen molar-refractivity contribution in [3.8, 4) is 0 Å². The number of nitrogens with one attached hydrogen (secondary N) is 3. The number of likely N-dealkylation sites (N-methyl/N-ethyl adjacent to an activating group) is 1. The number of anilines is 1. The number of fused-ring (bicyclic) bond motifs is 1. The molecule has 14 heteroatoms. The molecule has 1 aromatic heterocycles. The molecule has 1 fully saturated rings. The molecule has 0 bridgehead atoms. The molecule has 0 radical (unpaired) electrons. The molecule has 4 amide bonds. The van der Waals surface area contributed by atoms with E-state index in [4.69, 9.17) is 0 Å². The van der Waals surface area contributed by atoms with Crippen LogP contribution in [0.5, 0.6) is 0 Å². The molecule has 2 aromatic carbocycles.